The van der Waals surface area contributed by atoms with E-state index in [2.05, 4.69) is 5.32 Å². The number of hydrogen-bond acceptors (Lipinski definition) is 5. The van der Waals surface area contributed by atoms with Crippen LogP contribution < -0.4 is 10.1 Å². The Kier molecular flexibility index (Phi) is 5.62. The number of benzene rings is 1. The van der Waals surface area contributed by atoms with Gasteiger partial charge in [-0.15, -0.1) is 0 Å². The third-order valence-corrected chi connectivity index (χ3v) is 5.08. The van der Waals surface area contributed by atoms with Crippen molar-refractivity contribution in [2.75, 3.05) is 13.7 Å². The minimum absolute atomic E-state index is 0.0496. The molecule has 1 aromatic carbocycles. The van der Waals surface area contributed by atoms with Crippen molar-refractivity contribution in [2.24, 2.45) is 0 Å². The van der Waals surface area contributed by atoms with Gasteiger partial charge in [-0.3, -0.25) is 14.5 Å². The topological polar surface area (TPSA) is 84.9 Å². The van der Waals surface area contributed by atoms with Gasteiger partial charge < -0.3 is 14.8 Å². The normalized spacial score (nSPS) is 18.1. The van der Waals surface area contributed by atoms with Crippen molar-refractivity contribution in [3.63, 3.8) is 0 Å². The lowest BCUT2D eigenvalue weighted by Crippen LogP contribution is -2.44. The largest absolute Gasteiger partial charge is 0.494 e. The van der Waals surface area contributed by atoms with Crippen LogP contribution in [-0.2, 0) is 20.9 Å². The van der Waals surface area contributed by atoms with Gasteiger partial charge in [-0.05, 0) is 37.0 Å². The maximum absolute atomic E-state index is 13.6. The minimum atomic E-state index is -0.726. The molecule has 7 nitrogen and oxygen atoms in total. The Morgan fingerprint density at radius 1 is 1.30 bits per heavy atom. The average Bonchev–Trinajstić information content (AvgIpc) is 3.20. The molecule has 1 saturated carbocycles. The summed E-state index contributed by atoms with van der Waals surface area (Å²) in [6, 6.07) is 3.95. The number of esters is 1. The average molecular weight is 378 g/mol. The van der Waals surface area contributed by atoms with Gasteiger partial charge in [0.25, 0.3) is 5.91 Å². The molecular formula is C19H23FN2O5. The molecule has 0 bridgehead atoms. The van der Waals surface area contributed by atoms with Crippen LogP contribution in [0, 0.1) is 5.82 Å². The number of halogens is 1. The third-order valence-electron chi connectivity index (χ3n) is 5.08. The van der Waals surface area contributed by atoms with Crippen LogP contribution in [-0.4, -0.2) is 42.0 Å². The first kappa shape index (κ1) is 19.1. The highest BCUT2D eigenvalue weighted by atomic mass is 19.1. The smallest absolute Gasteiger partial charge is 0.325 e. The Hall–Kier alpha value is -2.64. The number of amides is 3. The third kappa shape index (κ3) is 4.04. The van der Waals surface area contributed by atoms with Crippen LogP contribution in [0.5, 0.6) is 5.75 Å². The number of urea groups is 1. The predicted octanol–water partition coefficient (Wildman–Crippen LogP) is 2.52. The second-order valence-electron chi connectivity index (χ2n) is 6.91. The van der Waals surface area contributed by atoms with Crippen LogP contribution >= 0.6 is 0 Å². The Morgan fingerprint density at radius 3 is 2.70 bits per heavy atom. The summed E-state index contributed by atoms with van der Waals surface area (Å²) in [5, 5.41) is 2.80. The van der Waals surface area contributed by atoms with E-state index in [1.165, 1.54) is 24.1 Å². The fraction of sp³-hybridized carbons (Fsp3) is 0.526. The van der Waals surface area contributed by atoms with Crippen LogP contribution in [0.4, 0.5) is 9.18 Å². The van der Waals surface area contributed by atoms with Crippen molar-refractivity contribution in [2.45, 2.75) is 50.7 Å². The van der Waals surface area contributed by atoms with Crippen LogP contribution in [0.1, 0.15) is 44.1 Å². The molecule has 3 amide bonds. The molecule has 1 spiro atoms. The Balaban J connectivity index is 1.43. The number of hydrogen-bond donors (Lipinski definition) is 1. The van der Waals surface area contributed by atoms with E-state index >= 15 is 0 Å². The van der Waals surface area contributed by atoms with E-state index in [1.54, 1.807) is 6.07 Å². The molecular weight excluding hydrogens is 355 g/mol. The van der Waals surface area contributed by atoms with Gasteiger partial charge in [0.05, 0.1) is 7.11 Å². The fourth-order valence-electron chi connectivity index (χ4n) is 3.61. The van der Waals surface area contributed by atoms with E-state index in [9.17, 15) is 18.8 Å². The molecule has 1 saturated heterocycles. The fourth-order valence-corrected chi connectivity index (χ4v) is 3.61. The molecule has 3 rings (SSSR count). The number of nitrogens with zero attached hydrogens (tertiary/aromatic N) is 1. The van der Waals surface area contributed by atoms with E-state index < -0.39 is 17.3 Å². The van der Waals surface area contributed by atoms with Gasteiger partial charge in [0.1, 0.15) is 12.1 Å². The monoisotopic (exact) mass is 378 g/mol. The summed E-state index contributed by atoms with van der Waals surface area (Å²) in [6.45, 7) is 0.130. The minimum Gasteiger partial charge on any atom is -0.494 e. The predicted molar refractivity (Wildman–Crippen MR) is 93.4 cm³/mol. The zero-order valence-corrected chi connectivity index (χ0v) is 15.3. The van der Waals surface area contributed by atoms with Gasteiger partial charge in [0, 0.05) is 13.0 Å². The first-order chi connectivity index (χ1) is 12.9. The number of rotatable bonds is 7. The van der Waals surface area contributed by atoms with Crippen LogP contribution in [0.15, 0.2) is 18.2 Å². The Bertz CT molecular complexity index is 746. The van der Waals surface area contributed by atoms with Crippen molar-refractivity contribution in [3.8, 4) is 5.75 Å². The lowest BCUT2D eigenvalue weighted by molar-refractivity contribution is -0.145. The summed E-state index contributed by atoms with van der Waals surface area (Å²) in [6.07, 6.45) is 3.60. The lowest BCUT2D eigenvalue weighted by Gasteiger charge is -2.19. The summed E-state index contributed by atoms with van der Waals surface area (Å²) in [5.41, 5.74) is -0.213. The number of ether oxygens (including phenoxy) is 2. The highest BCUT2D eigenvalue weighted by Crippen LogP contribution is 2.35. The van der Waals surface area contributed by atoms with Gasteiger partial charge in [0.15, 0.2) is 11.6 Å². The molecule has 1 N–H and O–H groups in total. The molecule has 0 unspecified atom stereocenters. The molecule has 1 heterocycles. The number of nitrogens with one attached hydrogen (secondary N) is 1. The first-order valence-electron chi connectivity index (χ1n) is 9.07. The van der Waals surface area contributed by atoms with Gasteiger partial charge in [-0.25, -0.2) is 9.18 Å². The van der Waals surface area contributed by atoms with Gasteiger partial charge in [-0.1, -0.05) is 18.9 Å². The highest BCUT2D eigenvalue weighted by Gasteiger charge is 2.52. The quantitative estimate of drug-likeness (QED) is 0.582. The van der Waals surface area contributed by atoms with E-state index in [4.69, 9.17) is 9.47 Å². The lowest BCUT2D eigenvalue weighted by atomic mass is 9.98. The molecule has 0 radical (unpaired) electrons. The SMILES string of the molecule is COc1ccc(COC(=O)CCCN2C(=O)NC3(CCCC3)C2=O)cc1F. The molecule has 2 fully saturated rings. The summed E-state index contributed by atoms with van der Waals surface area (Å²) in [5.74, 6) is -1.05. The number of imide groups is 1. The van der Waals surface area contributed by atoms with Crippen LogP contribution in [0.25, 0.3) is 0 Å². The molecule has 146 valence electrons. The van der Waals surface area contributed by atoms with Crippen molar-refractivity contribution >= 4 is 17.9 Å². The van der Waals surface area contributed by atoms with Gasteiger partial charge in [0.2, 0.25) is 0 Å². The molecule has 27 heavy (non-hydrogen) atoms. The van der Waals surface area contributed by atoms with Crippen LogP contribution in [0.3, 0.4) is 0 Å². The molecule has 2 aliphatic rings. The van der Waals surface area contributed by atoms with Gasteiger partial charge in [-0.2, -0.15) is 0 Å². The number of carbonyl (C=O) groups is 3. The van der Waals surface area contributed by atoms with Gasteiger partial charge >= 0.3 is 12.0 Å². The van der Waals surface area contributed by atoms with Crippen molar-refractivity contribution in [3.05, 3.63) is 29.6 Å². The second kappa shape index (κ2) is 7.94. The molecule has 8 heteroatoms. The Morgan fingerprint density at radius 2 is 2.04 bits per heavy atom. The van der Waals surface area contributed by atoms with E-state index in [-0.39, 0.29) is 37.3 Å². The van der Waals surface area contributed by atoms with E-state index in [0.717, 1.165) is 12.8 Å². The summed E-state index contributed by atoms with van der Waals surface area (Å²) >= 11 is 0. The first-order valence-corrected chi connectivity index (χ1v) is 9.07. The van der Waals surface area contributed by atoms with E-state index in [0.29, 0.717) is 24.8 Å². The molecule has 0 atom stereocenters. The number of carbonyl (C=O) groups excluding carboxylic acids is 3. The molecule has 1 aliphatic heterocycles. The van der Waals surface area contributed by atoms with Crippen LogP contribution in [0.2, 0.25) is 0 Å². The molecule has 0 aromatic heterocycles. The van der Waals surface area contributed by atoms with Crippen molar-refractivity contribution in [1.82, 2.24) is 10.2 Å². The molecule has 1 aliphatic carbocycles. The second-order valence-corrected chi connectivity index (χ2v) is 6.91. The summed E-state index contributed by atoms with van der Waals surface area (Å²) in [7, 11) is 1.37. The summed E-state index contributed by atoms with van der Waals surface area (Å²) < 4.78 is 23.6. The zero-order valence-electron chi connectivity index (χ0n) is 15.3. The van der Waals surface area contributed by atoms with Crippen molar-refractivity contribution in [1.29, 1.82) is 0 Å². The van der Waals surface area contributed by atoms with E-state index in [1.807, 2.05) is 0 Å². The highest BCUT2D eigenvalue weighted by molar-refractivity contribution is 6.07. The Labute approximate surface area is 156 Å². The zero-order chi connectivity index (χ0) is 19.4. The summed E-state index contributed by atoms with van der Waals surface area (Å²) in [4.78, 5) is 37.6. The standard InChI is InChI=1S/C19H23FN2O5/c1-26-15-7-6-13(11-14(15)20)12-27-16(23)5-4-10-22-17(24)19(21-18(22)25)8-2-3-9-19/h6-7,11H,2-5,8-10,12H2,1H3,(H,21,25). The maximum atomic E-state index is 13.6. The number of methoxy groups -OCH3 is 1. The molecule has 1 aromatic rings. The maximum Gasteiger partial charge on any atom is 0.325 e. The van der Waals surface area contributed by atoms with Crippen molar-refractivity contribution < 1.29 is 28.2 Å².